The second kappa shape index (κ2) is 8.31. The van der Waals surface area contributed by atoms with Crippen molar-refractivity contribution >= 4 is 5.91 Å². The lowest BCUT2D eigenvalue weighted by molar-refractivity contribution is 0.0746. The van der Waals surface area contributed by atoms with E-state index in [4.69, 9.17) is 4.74 Å². The number of nitrogens with zero attached hydrogens (tertiary/aromatic N) is 2. The lowest BCUT2D eigenvalue weighted by Gasteiger charge is -2.21. The first-order chi connectivity index (χ1) is 13.1. The van der Waals surface area contributed by atoms with Gasteiger partial charge < -0.3 is 14.6 Å². The van der Waals surface area contributed by atoms with Crippen molar-refractivity contribution in [1.82, 2.24) is 14.9 Å². The van der Waals surface area contributed by atoms with E-state index in [-0.39, 0.29) is 11.6 Å². The van der Waals surface area contributed by atoms with Crippen molar-refractivity contribution in [2.24, 2.45) is 0 Å². The Morgan fingerprint density at radius 3 is 2.44 bits per heavy atom. The van der Waals surface area contributed by atoms with Crippen molar-refractivity contribution in [2.45, 2.75) is 13.5 Å². The maximum atomic E-state index is 12.9. The first-order valence-corrected chi connectivity index (χ1v) is 8.69. The fourth-order valence-electron chi connectivity index (χ4n) is 2.78. The monoisotopic (exact) mass is 363 g/mol. The highest BCUT2D eigenvalue weighted by molar-refractivity contribution is 5.93. The zero-order valence-electron chi connectivity index (χ0n) is 15.3. The molecule has 6 heteroatoms. The van der Waals surface area contributed by atoms with Gasteiger partial charge in [-0.3, -0.25) is 4.79 Å². The molecule has 1 amide bonds. The Hall–Kier alpha value is -3.41. The van der Waals surface area contributed by atoms with Gasteiger partial charge in [0, 0.05) is 18.7 Å². The summed E-state index contributed by atoms with van der Waals surface area (Å²) in [7, 11) is 1.59. The van der Waals surface area contributed by atoms with Gasteiger partial charge in [-0.15, -0.1) is 0 Å². The van der Waals surface area contributed by atoms with E-state index in [1.165, 1.54) is 0 Å². The summed E-state index contributed by atoms with van der Waals surface area (Å²) in [6.45, 7) is 2.90. The summed E-state index contributed by atoms with van der Waals surface area (Å²) >= 11 is 0. The van der Waals surface area contributed by atoms with Gasteiger partial charge in [-0.25, -0.2) is 4.79 Å². The minimum Gasteiger partial charge on any atom is -0.497 e. The molecule has 27 heavy (non-hydrogen) atoms. The molecule has 0 aliphatic carbocycles. The molecule has 0 fully saturated rings. The summed E-state index contributed by atoms with van der Waals surface area (Å²) in [4.78, 5) is 33.2. The zero-order valence-corrected chi connectivity index (χ0v) is 15.3. The van der Waals surface area contributed by atoms with Crippen LogP contribution in [-0.4, -0.2) is 34.4 Å². The molecule has 0 saturated heterocycles. The van der Waals surface area contributed by atoms with Crippen molar-refractivity contribution in [3.05, 3.63) is 82.4 Å². The maximum Gasteiger partial charge on any atom is 0.346 e. The molecule has 0 atom stereocenters. The van der Waals surface area contributed by atoms with Crippen LogP contribution in [0.25, 0.3) is 11.3 Å². The number of hydrogen-bond acceptors (Lipinski definition) is 4. The normalized spacial score (nSPS) is 10.4. The van der Waals surface area contributed by atoms with Crippen LogP contribution >= 0.6 is 0 Å². The number of aromatic amines is 1. The van der Waals surface area contributed by atoms with Crippen LogP contribution in [-0.2, 0) is 6.54 Å². The molecule has 0 saturated carbocycles. The van der Waals surface area contributed by atoms with Gasteiger partial charge in [0.15, 0.2) is 0 Å². The molecule has 0 unspecified atom stereocenters. The summed E-state index contributed by atoms with van der Waals surface area (Å²) in [5.41, 5.74) is 1.88. The van der Waals surface area contributed by atoms with Crippen LogP contribution in [0.5, 0.6) is 5.75 Å². The van der Waals surface area contributed by atoms with Gasteiger partial charge in [-0.2, -0.15) is 4.98 Å². The van der Waals surface area contributed by atoms with E-state index in [0.717, 1.165) is 11.1 Å². The fraction of sp³-hybridized carbons (Fsp3) is 0.190. The second-order valence-corrected chi connectivity index (χ2v) is 6.02. The molecule has 0 spiro atoms. The molecule has 2 aromatic carbocycles. The third-order valence-corrected chi connectivity index (χ3v) is 4.25. The summed E-state index contributed by atoms with van der Waals surface area (Å²) < 4.78 is 5.14. The standard InChI is InChI=1S/C21H21N3O3/c1-3-24(14-15-7-5-4-6-8-15)20(25)19-13-18(22-21(26)23-19)16-9-11-17(27-2)12-10-16/h4-13H,3,14H2,1-2H3,(H,22,23,26). The highest BCUT2D eigenvalue weighted by Crippen LogP contribution is 2.20. The number of nitrogens with one attached hydrogen (secondary N) is 1. The lowest BCUT2D eigenvalue weighted by atomic mass is 10.1. The minimum absolute atomic E-state index is 0.221. The largest absolute Gasteiger partial charge is 0.497 e. The van der Waals surface area contributed by atoms with Crippen molar-refractivity contribution in [2.75, 3.05) is 13.7 Å². The number of benzene rings is 2. The summed E-state index contributed by atoms with van der Waals surface area (Å²) in [5.74, 6) is 0.468. The number of H-pyrrole nitrogens is 1. The number of ether oxygens (including phenoxy) is 1. The van der Waals surface area contributed by atoms with E-state index in [9.17, 15) is 9.59 Å². The Labute approximate surface area is 157 Å². The quantitative estimate of drug-likeness (QED) is 0.730. The number of amides is 1. The average molecular weight is 363 g/mol. The highest BCUT2D eigenvalue weighted by Gasteiger charge is 2.17. The molecule has 1 heterocycles. The van der Waals surface area contributed by atoms with Gasteiger partial charge in [0.25, 0.3) is 5.91 Å². The third kappa shape index (κ3) is 4.41. The van der Waals surface area contributed by atoms with Crippen LogP contribution < -0.4 is 10.4 Å². The van der Waals surface area contributed by atoms with Crippen LogP contribution in [0.1, 0.15) is 23.0 Å². The van der Waals surface area contributed by atoms with Crippen LogP contribution in [0, 0.1) is 0 Å². The number of carbonyl (C=O) groups excluding carboxylic acids is 1. The molecule has 1 aromatic heterocycles. The van der Waals surface area contributed by atoms with Crippen molar-refractivity contribution in [1.29, 1.82) is 0 Å². The Morgan fingerprint density at radius 1 is 1.11 bits per heavy atom. The molecule has 1 N–H and O–H groups in total. The Morgan fingerprint density at radius 2 is 1.81 bits per heavy atom. The Kier molecular flexibility index (Phi) is 5.66. The third-order valence-electron chi connectivity index (χ3n) is 4.25. The maximum absolute atomic E-state index is 12.9. The predicted octanol–water partition coefficient (Wildman–Crippen LogP) is 3.11. The van der Waals surface area contributed by atoms with Gasteiger partial charge in [-0.05, 0) is 42.8 Å². The zero-order chi connectivity index (χ0) is 19.2. The molecule has 0 radical (unpaired) electrons. The van der Waals surface area contributed by atoms with Crippen LogP contribution in [0.4, 0.5) is 0 Å². The van der Waals surface area contributed by atoms with Crippen molar-refractivity contribution in [3.8, 4) is 17.0 Å². The molecule has 6 nitrogen and oxygen atoms in total. The topological polar surface area (TPSA) is 75.3 Å². The first kappa shape index (κ1) is 18.4. The average Bonchev–Trinajstić information content (AvgIpc) is 2.72. The van der Waals surface area contributed by atoms with E-state index >= 15 is 0 Å². The van der Waals surface area contributed by atoms with Gasteiger partial charge in [-0.1, -0.05) is 30.3 Å². The highest BCUT2D eigenvalue weighted by atomic mass is 16.5. The van der Waals surface area contributed by atoms with Crippen molar-refractivity contribution < 1.29 is 9.53 Å². The van der Waals surface area contributed by atoms with E-state index in [2.05, 4.69) is 9.97 Å². The predicted molar refractivity (Wildman–Crippen MR) is 104 cm³/mol. The molecule has 3 rings (SSSR count). The minimum atomic E-state index is -0.553. The second-order valence-electron chi connectivity index (χ2n) is 6.02. The summed E-state index contributed by atoms with van der Waals surface area (Å²) in [6.07, 6.45) is 0. The number of carbonyl (C=O) groups is 1. The van der Waals surface area contributed by atoms with Gasteiger partial charge in [0.2, 0.25) is 0 Å². The first-order valence-electron chi connectivity index (χ1n) is 8.69. The molecule has 138 valence electrons. The smallest absolute Gasteiger partial charge is 0.346 e. The van der Waals surface area contributed by atoms with Gasteiger partial charge in [0.05, 0.1) is 12.8 Å². The molecule has 0 aliphatic heterocycles. The molecular weight excluding hydrogens is 342 g/mol. The number of hydrogen-bond donors (Lipinski definition) is 1. The summed E-state index contributed by atoms with van der Waals surface area (Å²) in [5, 5.41) is 0. The SMILES string of the molecule is CCN(Cc1ccccc1)C(=O)c1cc(-c2ccc(OC)cc2)nc(=O)[nH]1. The lowest BCUT2D eigenvalue weighted by Crippen LogP contribution is -2.32. The Balaban J connectivity index is 1.89. The molecule has 3 aromatic rings. The van der Waals surface area contributed by atoms with Crippen LogP contribution in [0.15, 0.2) is 65.5 Å². The Bertz CT molecular complexity index is 966. The van der Waals surface area contributed by atoms with Gasteiger partial charge in [0.1, 0.15) is 11.4 Å². The fourth-order valence-corrected chi connectivity index (χ4v) is 2.78. The molecule has 0 bridgehead atoms. The van der Waals surface area contributed by atoms with Crippen LogP contribution in [0.3, 0.4) is 0 Å². The molecular formula is C21H21N3O3. The van der Waals surface area contributed by atoms with Crippen molar-refractivity contribution in [3.63, 3.8) is 0 Å². The summed E-state index contributed by atoms with van der Waals surface area (Å²) in [6, 6.07) is 18.5. The number of methoxy groups -OCH3 is 1. The van der Waals surface area contributed by atoms with E-state index in [1.807, 2.05) is 37.3 Å². The van der Waals surface area contributed by atoms with E-state index in [1.54, 1.807) is 42.3 Å². The number of rotatable bonds is 6. The molecule has 0 aliphatic rings. The van der Waals surface area contributed by atoms with Gasteiger partial charge >= 0.3 is 5.69 Å². The van der Waals surface area contributed by atoms with E-state index in [0.29, 0.717) is 24.5 Å². The number of aromatic nitrogens is 2. The van der Waals surface area contributed by atoms with E-state index < -0.39 is 5.69 Å². The van der Waals surface area contributed by atoms with Crippen LogP contribution in [0.2, 0.25) is 0 Å².